The van der Waals surface area contributed by atoms with Crippen molar-refractivity contribution in [2.75, 3.05) is 24.5 Å². The van der Waals surface area contributed by atoms with Gasteiger partial charge in [0, 0.05) is 25.3 Å². The van der Waals surface area contributed by atoms with Gasteiger partial charge in [-0.3, -0.25) is 14.5 Å². The molecule has 2 saturated heterocycles. The van der Waals surface area contributed by atoms with Gasteiger partial charge in [-0.15, -0.1) is 0 Å². The molecule has 5 nitrogen and oxygen atoms in total. The van der Waals surface area contributed by atoms with E-state index in [1.165, 1.54) is 35.2 Å². The van der Waals surface area contributed by atoms with Crippen molar-refractivity contribution in [2.24, 2.45) is 0 Å². The fourth-order valence-electron chi connectivity index (χ4n) is 2.81. The Kier molecular flexibility index (Phi) is 5.20. The molecule has 1 N–H and O–H groups in total. The van der Waals surface area contributed by atoms with Gasteiger partial charge in [0.25, 0.3) is 5.91 Å². The highest BCUT2D eigenvalue weighted by molar-refractivity contribution is 8.26. The lowest BCUT2D eigenvalue weighted by Crippen LogP contribution is -2.30. The molecule has 126 valence electrons. The van der Waals surface area contributed by atoms with Crippen LogP contribution >= 0.6 is 24.0 Å². The Balaban J connectivity index is 1.70. The highest BCUT2D eigenvalue weighted by Crippen LogP contribution is 2.33. The van der Waals surface area contributed by atoms with Gasteiger partial charge >= 0.3 is 5.97 Å². The molecule has 3 rings (SSSR count). The summed E-state index contributed by atoms with van der Waals surface area (Å²) in [5.41, 5.74) is 2.15. The normalized spacial score (nSPS) is 19.6. The Morgan fingerprint density at radius 2 is 1.92 bits per heavy atom. The van der Waals surface area contributed by atoms with Crippen LogP contribution in [0.4, 0.5) is 5.69 Å². The van der Waals surface area contributed by atoms with E-state index in [1.807, 2.05) is 18.2 Å². The van der Waals surface area contributed by atoms with Gasteiger partial charge in [0.15, 0.2) is 0 Å². The summed E-state index contributed by atoms with van der Waals surface area (Å²) in [5, 5.41) is 8.76. The van der Waals surface area contributed by atoms with Crippen LogP contribution in [0, 0.1) is 0 Å². The summed E-state index contributed by atoms with van der Waals surface area (Å²) in [7, 11) is 0. The molecule has 0 unspecified atom stereocenters. The minimum absolute atomic E-state index is 0.107. The highest BCUT2D eigenvalue weighted by Gasteiger charge is 2.32. The first-order chi connectivity index (χ1) is 11.5. The Morgan fingerprint density at radius 1 is 1.25 bits per heavy atom. The quantitative estimate of drug-likeness (QED) is 0.642. The summed E-state index contributed by atoms with van der Waals surface area (Å²) in [4.78, 5) is 27.3. The molecule has 2 aliphatic rings. The maximum absolute atomic E-state index is 12.4. The van der Waals surface area contributed by atoms with Gasteiger partial charge in [-0.2, -0.15) is 0 Å². The molecule has 0 saturated carbocycles. The number of anilines is 1. The maximum atomic E-state index is 12.4. The summed E-state index contributed by atoms with van der Waals surface area (Å²) in [5.74, 6) is -1.15. The first-order valence-electron chi connectivity index (χ1n) is 7.87. The van der Waals surface area contributed by atoms with E-state index < -0.39 is 5.97 Å². The van der Waals surface area contributed by atoms with Crippen LogP contribution < -0.4 is 4.90 Å². The predicted octanol–water partition coefficient (Wildman–Crippen LogP) is 2.96. The van der Waals surface area contributed by atoms with E-state index in [9.17, 15) is 9.59 Å². The third-order valence-corrected chi connectivity index (χ3v) is 5.46. The number of amides is 1. The van der Waals surface area contributed by atoms with Crippen LogP contribution in [0.15, 0.2) is 29.2 Å². The zero-order valence-electron chi connectivity index (χ0n) is 13.1. The minimum Gasteiger partial charge on any atom is -0.481 e. The molecule has 2 fully saturated rings. The maximum Gasteiger partial charge on any atom is 0.305 e. The SMILES string of the molecule is O=C(O)CCN1C(=O)/C(=C\c2ccc(N3CCCC3)cc2)SC1=S. The molecule has 0 atom stereocenters. The number of nitrogens with zero attached hydrogens (tertiary/aromatic N) is 2. The standard InChI is InChI=1S/C17H18N2O3S2/c20-15(21)7-10-19-16(22)14(24-17(19)23)11-12-3-5-13(6-4-12)18-8-1-2-9-18/h3-6,11H,1-2,7-10H2,(H,20,21)/b14-11+. The zero-order chi connectivity index (χ0) is 17.1. The number of carboxylic acids is 1. The first kappa shape index (κ1) is 17.0. The number of hydrogen-bond acceptors (Lipinski definition) is 5. The number of aliphatic carboxylic acids is 1. The Bertz CT molecular complexity index is 694. The van der Waals surface area contributed by atoms with Crippen molar-refractivity contribution in [1.82, 2.24) is 4.90 Å². The summed E-state index contributed by atoms with van der Waals surface area (Å²) in [6.07, 6.45) is 4.18. The smallest absolute Gasteiger partial charge is 0.305 e. The van der Waals surface area contributed by atoms with E-state index in [1.54, 1.807) is 0 Å². The van der Waals surface area contributed by atoms with E-state index in [0.717, 1.165) is 18.7 Å². The van der Waals surface area contributed by atoms with Crippen LogP contribution in [0.3, 0.4) is 0 Å². The second kappa shape index (κ2) is 7.36. The van der Waals surface area contributed by atoms with Crippen LogP contribution in [-0.2, 0) is 9.59 Å². The number of rotatable bonds is 5. The second-order valence-corrected chi connectivity index (χ2v) is 7.44. The molecule has 0 spiro atoms. The first-order valence-corrected chi connectivity index (χ1v) is 9.09. The van der Waals surface area contributed by atoms with E-state index in [0.29, 0.717) is 9.23 Å². The number of thiocarbonyl (C=S) groups is 1. The molecule has 0 aromatic heterocycles. The van der Waals surface area contributed by atoms with Gasteiger partial charge in [0.2, 0.25) is 0 Å². The van der Waals surface area contributed by atoms with Crippen molar-refractivity contribution in [1.29, 1.82) is 0 Å². The molecule has 1 amide bonds. The van der Waals surface area contributed by atoms with Crippen molar-refractivity contribution in [2.45, 2.75) is 19.3 Å². The van der Waals surface area contributed by atoms with Crippen LogP contribution in [0.1, 0.15) is 24.8 Å². The third-order valence-electron chi connectivity index (χ3n) is 4.08. The number of carbonyl (C=O) groups is 2. The van der Waals surface area contributed by atoms with Crippen LogP contribution in [0.5, 0.6) is 0 Å². The summed E-state index contributed by atoms with van der Waals surface area (Å²) in [6, 6.07) is 8.14. The van der Waals surface area contributed by atoms with E-state index in [2.05, 4.69) is 17.0 Å². The van der Waals surface area contributed by atoms with Crippen LogP contribution in [-0.4, -0.2) is 45.8 Å². The van der Waals surface area contributed by atoms with Gasteiger partial charge in [-0.1, -0.05) is 36.1 Å². The van der Waals surface area contributed by atoms with Gasteiger partial charge < -0.3 is 10.0 Å². The monoisotopic (exact) mass is 362 g/mol. The average molecular weight is 362 g/mol. The molecular weight excluding hydrogens is 344 g/mol. The summed E-state index contributed by atoms with van der Waals surface area (Å²) < 4.78 is 0.418. The number of benzene rings is 1. The van der Waals surface area contributed by atoms with Crippen LogP contribution in [0.2, 0.25) is 0 Å². The summed E-state index contributed by atoms with van der Waals surface area (Å²) >= 11 is 6.41. The fraction of sp³-hybridized carbons (Fsp3) is 0.353. The van der Waals surface area contributed by atoms with E-state index in [-0.39, 0.29) is 18.9 Å². The summed E-state index contributed by atoms with van der Waals surface area (Å²) in [6.45, 7) is 2.31. The molecule has 1 aromatic rings. The van der Waals surface area contributed by atoms with Crippen molar-refractivity contribution < 1.29 is 14.7 Å². The molecule has 2 aliphatic heterocycles. The van der Waals surface area contributed by atoms with E-state index in [4.69, 9.17) is 17.3 Å². The number of hydrogen-bond donors (Lipinski definition) is 1. The Labute approximate surface area is 150 Å². The van der Waals surface area contributed by atoms with Gasteiger partial charge in [-0.25, -0.2) is 0 Å². The lowest BCUT2D eigenvalue weighted by Gasteiger charge is -2.17. The molecule has 1 aromatic carbocycles. The van der Waals surface area contributed by atoms with E-state index >= 15 is 0 Å². The zero-order valence-corrected chi connectivity index (χ0v) is 14.7. The lowest BCUT2D eigenvalue weighted by atomic mass is 10.2. The predicted molar refractivity (Wildman–Crippen MR) is 100 cm³/mol. The van der Waals surface area contributed by atoms with Gasteiger partial charge in [0.1, 0.15) is 4.32 Å². The minimum atomic E-state index is -0.939. The fourth-order valence-corrected chi connectivity index (χ4v) is 4.12. The molecule has 2 heterocycles. The average Bonchev–Trinajstić information content (AvgIpc) is 3.16. The number of carbonyl (C=O) groups excluding carboxylic acids is 1. The molecular formula is C17H18N2O3S2. The van der Waals surface area contributed by atoms with Gasteiger partial charge in [0.05, 0.1) is 11.3 Å². The van der Waals surface area contributed by atoms with Crippen molar-refractivity contribution >= 4 is 51.9 Å². The molecule has 0 radical (unpaired) electrons. The number of thioether (sulfide) groups is 1. The Morgan fingerprint density at radius 3 is 2.54 bits per heavy atom. The number of carboxylic acid groups (broad SMARTS) is 1. The largest absolute Gasteiger partial charge is 0.481 e. The lowest BCUT2D eigenvalue weighted by molar-refractivity contribution is -0.137. The highest BCUT2D eigenvalue weighted by atomic mass is 32.2. The third kappa shape index (κ3) is 3.79. The van der Waals surface area contributed by atoms with Crippen molar-refractivity contribution in [3.63, 3.8) is 0 Å². The Hall–Kier alpha value is -1.86. The second-order valence-electron chi connectivity index (χ2n) is 5.76. The molecule has 24 heavy (non-hydrogen) atoms. The van der Waals surface area contributed by atoms with Gasteiger partial charge in [-0.05, 0) is 36.6 Å². The molecule has 7 heteroatoms. The molecule has 0 bridgehead atoms. The van der Waals surface area contributed by atoms with Crippen molar-refractivity contribution in [3.8, 4) is 0 Å². The van der Waals surface area contributed by atoms with Crippen molar-refractivity contribution in [3.05, 3.63) is 34.7 Å². The van der Waals surface area contributed by atoms with Crippen LogP contribution in [0.25, 0.3) is 6.08 Å². The molecule has 0 aliphatic carbocycles. The topological polar surface area (TPSA) is 60.9 Å².